The van der Waals surface area contributed by atoms with Crippen LogP contribution in [0.4, 0.5) is 5.13 Å². The SMILES string of the molecule is CCC(CCN)CCC(=O)Nc1nc(C)ns1. The summed E-state index contributed by atoms with van der Waals surface area (Å²) in [4.78, 5) is 15.7. The molecule has 0 saturated carbocycles. The zero-order valence-electron chi connectivity index (χ0n) is 10.4. The smallest absolute Gasteiger partial charge is 0.226 e. The molecule has 3 N–H and O–H groups in total. The van der Waals surface area contributed by atoms with Gasteiger partial charge in [0.05, 0.1) is 0 Å². The number of amides is 1. The Bertz CT molecular complexity index is 353. The average molecular weight is 256 g/mol. The van der Waals surface area contributed by atoms with E-state index in [0.29, 0.717) is 29.8 Å². The van der Waals surface area contributed by atoms with Crippen molar-refractivity contribution in [3.05, 3.63) is 5.82 Å². The molecule has 17 heavy (non-hydrogen) atoms. The molecule has 1 atom stereocenters. The van der Waals surface area contributed by atoms with Crippen LogP contribution in [0.2, 0.25) is 0 Å². The molecular weight excluding hydrogens is 236 g/mol. The monoisotopic (exact) mass is 256 g/mol. The Kier molecular flexibility index (Phi) is 6.07. The van der Waals surface area contributed by atoms with Gasteiger partial charge < -0.3 is 11.1 Å². The van der Waals surface area contributed by atoms with Gasteiger partial charge in [-0.1, -0.05) is 13.3 Å². The molecule has 0 bridgehead atoms. The van der Waals surface area contributed by atoms with E-state index >= 15 is 0 Å². The van der Waals surface area contributed by atoms with Gasteiger partial charge >= 0.3 is 0 Å². The van der Waals surface area contributed by atoms with Crippen molar-refractivity contribution >= 4 is 22.6 Å². The van der Waals surface area contributed by atoms with Crippen molar-refractivity contribution in [3.63, 3.8) is 0 Å². The lowest BCUT2D eigenvalue weighted by atomic mass is 9.96. The Labute approximate surface area is 106 Å². The lowest BCUT2D eigenvalue weighted by molar-refractivity contribution is -0.116. The zero-order valence-corrected chi connectivity index (χ0v) is 11.2. The topological polar surface area (TPSA) is 80.9 Å². The number of hydrogen-bond donors (Lipinski definition) is 2. The summed E-state index contributed by atoms with van der Waals surface area (Å²) in [5, 5.41) is 3.34. The summed E-state index contributed by atoms with van der Waals surface area (Å²) in [5.41, 5.74) is 5.52. The highest BCUT2D eigenvalue weighted by Gasteiger charge is 2.10. The van der Waals surface area contributed by atoms with Crippen LogP contribution in [-0.2, 0) is 4.79 Å². The molecule has 0 aromatic carbocycles. The second kappa shape index (κ2) is 7.34. The summed E-state index contributed by atoms with van der Waals surface area (Å²) in [6.45, 7) is 4.63. The number of hydrogen-bond acceptors (Lipinski definition) is 5. The molecule has 1 aromatic heterocycles. The first-order valence-corrected chi connectivity index (χ1v) is 6.73. The Morgan fingerprint density at radius 1 is 1.53 bits per heavy atom. The van der Waals surface area contributed by atoms with E-state index in [-0.39, 0.29) is 5.91 Å². The van der Waals surface area contributed by atoms with Crippen molar-refractivity contribution in [3.8, 4) is 0 Å². The summed E-state index contributed by atoms with van der Waals surface area (Å²) < 4.78 is 4.01. The average Bonchev–Trinajstić information content (AvgIpc) is 2.70. The fourth-order valence-corrected chi connectivity index (χ4v) is 2.24. The van der Waals surface area contributed by atoms with Gasteiger partial charge in [0.25, 0.3) is 0 Å². The highest BCUT2D eigenvalue weighted by atomic mass is 32.1. The minimum atomic E-state index is 0.0108. The highest BCUT2D eigenvalue weighted by molar-refractivity contribution is 7.09. The normalized spacial score (nSPS) is 12.4. The van der Waals surface area contributed by atoms with Gasteiger partial charge in [0.2, 0.25) is 11.0 Å². The van der Waals surface area contributed by atoms with E-state index in [4.69, 9.17) is 5.73 Å². The fraction of sp³-hybridized carbons (Fsp3) is 0.727. The molecule has 1 aromatic rings. The number of anilines is 1. The highest BCUT2D eigenvalue weighted by Crippen LogP contribution is 2.16. The number of aromatic nitrogens is 2. The first-order valence-electron chi connectivity index (χ1n) is 5.96. The molecule has 0 fully saturated rings. The zero-order chi connectivity index (χ0) is 12.7. The summed E-state index contributed by atoms with van der Waals surface area (Å²) in [6, 6.07) is 0. The van der Waals surface area contributed by atoms with Gasteiger partial charge in [-0.05, 0) is 32.2 Å². The third-order valence-electron chi connectivity index (χ3n) is 2.71. The Hall–Kier alpha value is -1.01. The van der Waals surface area contributed by atoms with Gasteiger partial charge in [0.1, 0.15) is 5.82 Å². The number of carbonyl (C=O) groups is 1. The van der Waals surface area contributed by atoms with Crippen LogP contribution in [0.3, 0.4) is 0 Å². The maximum absolute atomic E-state index is 11.6. The lowest BCUT2D eigenvalue weighted by Gasteiger charge is -2.12. The number of nitrogens with two attached hydrogens (primary N) is 1. The minimum absolute atomic E-state index is 0.0108. The molecule has 96 valence electrons. The lowest BCUT2D eigenvalue weighted by Crippen LogP contribution is -2.15. The third-order valence-corrected chi connectivity index (χ3v) is 3.43. The van der Waals surface area contributed by atoms with E-state index in [1.54, 1.807) is 6.92 Å². The maximum Gasteiger partial charge on any atom is 0.226 e. The Morgan fingerprint density at radius 2 is 2.29 bits per heavy atom. The Balaban J connectivity index is 2.29. The van der Waals surface area contributed by atoms with Crippen LogP contribution >= 0.6 is 11.5 Å². The van der Waals surface area contributed by atoms with Crippen LogP contribution in [0.1, 0.15) is 38.4 Å². The van der Waals surface area contributed by atoms with Gasteiger partial charge in [-0.25, -0.2) is 4.98 Å². The van der Waals surface area contributed by atoms with E-state index in [9.17, 15) is 4.79 Å². The van der Waals surface area contributed by atoms with Crippen molar-refractivity contribution in [2.24, 2.45) is 11.7 Å². The van der Waals surface area contributed by atoms with Crippen molar-refractivity contribution in [2.45, 2.75) is 39.5 Å². The van der Waals surface area contributed by atoms with Crippen LogP contribution in [0, 0.1) is 12.8 Å². The summed E-state index contributed by atoms with van der Waals surface area (Å²) >= 11 is 1.22. The summed E-state index contributed by atoms with van der Waals surface area (Å²) in [7, 11) is 0. The first kappa shape index (κ1) is 14.1. The molecule has 1 amide bonds. The number of rotatable bonds is 7. The minimum Gasteiger partial charge on any atom is -0.330 e. The molecule has 6 heteroatoms. The van der Waals surface area contributed by atoms with Crippen LogP contribution in [0.15, 0.2) is 0 Å². The van der Waals surface area contributed by atoms with Gasteiger partial charge in [0, 0.05) is 18.0 Å². The van der Waals surface area contributed by atoms with Crippen molar-refractivity contribution in [1.82, 2.24) is 9.36 Å². The van der Waals surface area contributed by atoms with E-state index in [2.05, 4.69) is 21.6 Å². The maximum atomic E-state index is 11.6. The van der Waals surface area contributed by atoms with E-state index < -0.39 is 0 Å². The van der Waals surface area contributed by atoms with Crippen molar-refractivity contribution in [2.75, 3.05) is 11.9 Å². The second-order valence-corrected chi connectivity index (χ2v) is 4.84. The van der Waals surface area contributed by atoms with Crippen molar-refractivity contribution < 1.29 is 4.79 Å². The van der Waals surface area contributed by atoms with Crippen molar-refractivity contribution in [1.29, 1.82) is 0 Å². The van der Waals surface area contributed by atoms with Gasteiger partial charge in [-0.3, -0.25) is 4.79 Å². The molecule has 5 nitrogen and oxygen atoms in total. The molecule has 0 aliphatic carbocycles. The van der Waals surface area contributed by atoms with Crippen LogP contribution < -0.4 is 11.1 Å². The predicted molar refractivity (Wildman–Crippen MR) is 70.0 cm³/mol. The molecule has 0 aliphatic rings. The van der Waals surface area contributed by atoms with E-state index in [1.807, 2.05) is 0 Å². The molecule has 0 spiro atoms. The predicted octanol–water partition coefficient (Wildman–Crippen LogP) is 1.94. The molecule has 0 radical (unpaired) electrons. The van der Waals surface area contributed by atoms with E-state index in [1.165, 1.54) is 11.5 Å². The molecular formula is C11H20N4OS. The van der Waals surface area contributed by atoms with Crippen LogP contribution in [-0.4, -0.2) is 21.8 Å². The summed E-state index contributed by atoms with van der Waals surface area (Å²) in [6.07, 6.45) is 3.47. The quantitative estimate of drug-likeness (QED) is 0.781. The molecule has 1 heterocycles. The molecule has 0 saturated heterocycles. The standard InChI is InChI=1S/C11H20N4OS/c1-3-9(6-7-12)4-5-10(16)14-11-13-8(2)15-17-11/h9H,3-7,12H2,1-2H3,(H,13,14,15,16). The largest absolute Gasteiger partial charge is 0.330 e. The summed E-state index contributed by atoms with van der Waals surface area (Å²) in [5.74, 6) is 1.25. The third kappa shape index (κ3) is 5.23. The molecule has 1 rings (SSSR count). The second-order valence-electron chi connectivity index (χ2n) is 4.09. The van der Waals surface area contributed by atoms with Crippen LogP contribution in [0.5, 0.6) is 0 Å². The Morgan fingerprint density at radius 3 is 2.82 bits per heavy atom. The van der Waals surface area contributed by atoms with Gasteiger partial charge in [-0.15, -0.1) is 0 Å². The van der Waals surface area contributed by atoms with Gasteiger partial charge in [0.15, 0.2) is 0 Å². The number of nitrogens with one attached hydrogen (secondary N) is 1. The van der Waals surface area contributed by atoms with Crippen LogP contribution in [0.25, 0.3) is 0 Å². The number of aryl methyl sites for hydroxylation is 1. The fourth-order valence-electron chi connectivity index (χ4n) is 1.65. The number of carbonyl (C=O) groups excluding carboxylic acids is 1. The number of nitrogens with zero attached hydrogens (tertiary/aromatic N) is 2. The first-order chi connectivity index (χ1) is 8.15. The van der Waals surface area contributed by atoms with Gasteiger partial charge in [-0.2, -0.15) is 4.37 Å². The molecule has 1 unspecified atom stereocenters. The van der Waals surface area contributed by atoms with E-state index in [0.717, 1.165) is 19.3 Å². The molecule has 0 aliphatic heterocycles.